The molecule has 2 nitrogen and oxygen atoms in total. The molecule has 1 aliphatic rings. The molecule has 0 N–H and O–H groups in total. The first kappa shape index (κ1) is 12.7. The molecular formula is C9H7ClMgN2. The number of halogens is 1. The summed E-state index contributed by atoms with van der Waals surface area (Å²) in [6.45, 7) is 0. The number of pyridine rings is 1. The standard InChI is InChI=1S/C9H7N2.ClH.Mg/c10-6-9-8(7-3-4-7)2-1-5-11-9;;/h1-2,7H,3-4H2;1H;/q-1;;+2/p-1. The fraction of sp³-hybridized carbons (Fsp3) is 0.333. The van der Waals surface area contributed by atoms with Crippen LogP contribution in [0.4, 0.5) is 0 Å². The summed E-state index contributed by atoms with van der Waals surface area (Å²) in [4.78, 5) is 3.87. The van der Waals surface area contributed by atoms with Gasteiger partial charge in [-0.15, -0.1) is 5.56 Å². The Morgan fingerprint density at radius 1 is 1.54 bits per heavy atom. The molecule has 1 aliphatic carbocycles. The molecule has 0 amide bonds. The van der Waals surface area contributed by atoms with Crippen molar-refractivity contribution in [2.45, 2.75) is 18.8 Å². The normalized spacial score (nSPS) is 13.5. The number of nitrogens with zero attached hydrogens (tertiary/aromatic N) is 2. The molecule has 1 aromatic heterocycles. The Labute approximate surface area is 99.9 Å². The number of hydrogen-bond donors (Lipinski definition) is 0. The molecular weight excluding hydrogens is 196 g/mol. The van der Waals surface area contributed by atoms with E-state index < -0.39 is 0 Å². The summed E-state index contributed by atoms with van der Waals surface area (Å²) in [5.41, 5.74) is 1.65. The minimum absolute atomic E-state index is 0. The average molecular weight is 203 g/mol. The molecule has 1 fully saturated rings. The maximum absolute atomic E-state index is 8.66. The third-order valence-corrected chi connectivity index (χ3v) is 1.91. The molecule has 0 aromatic carbocycles. The summed E-state index contributed by atoms with van der Waals surface area (Å²) in [6, 6.07) is 5.79. The van der Waals surface area contributed by atoms with E-state index >= 15 is 0 Å². The Bertz CT molecular complexity index is 318. The SMILES string of the molecule is N#Cc1n[c-]ccc1C1CC1.[Cl-].[Mg+2]. The minimum atomic E-state index is 0. The van der Waals surface area contributed by atoms with Crippen LogP contribution in [0.3, 0.4) is 0 Å². The molecule has 4 heteroatoms. The zero-order valence-electron chi connectivity index (χ0n) is 7.13. The van der Waals surface area contributed by atoms with Crippen LogP contribution in [0.25, 0.3) is 0 Å². The van der Waals surface area contributed by atoms with E-state index in [1.165, 1.54) is 12.8 Å². The van der Waals surface area contributed by atoms with Gasteiger partial charge in [0.2, 0.25) is 0 Å². The second kappa shape index (κ2) is 5.43. The van der Waals surface area contributed by atoms with Gasteiger partial charge in [0, 0.05) is 5.69 Å². The summed E-state index contributed by atoms with van der Waals surface area (Å²) >= 11 is 0. The van der Waals surface area contributed by atoms with Crippen LogP contribution in [0.1, 0.15) is 30.0 Å². The summed E-state index contributed by atoms with van der Waals surface area (Å²) < 4.78 is 0. The van der Waals surface area contributed by atoms with Gasteiger partial charge in [0.05, 0.1) is 6.07 Å². The number of rotatable bonds is 1. The van der Waals surface area contributed by atoms with Gasteiger partial charge in [0.15, 0.2) is 0 Å². The van der Waals surface area contributed by atoms with E-state index in [4.69, 9.17) is 5.26 Å². The maximum Gasteiger partial charge on any atom is 2.00 e. The van der Waals surface area contributed by atoms with E-state index in [9.17, 15) is 0 Å². The topological polar surface area (TPSA) is 36.7 Å². The molecule has 1 heterocycles. The molecule has 0 atom stereocenters. The van der Waals surface area contributed by atoms with Gasteiger partial charge in [0.25, 0.3) is 0 Å². The third kappa shape index (κ3) is 2.83. The van der Waals surface area contributed by atoms with Crippen molar-refractivity contribution in [3.63, 3.8) is 0 Å². The Kier molecular flexibility index (Phi) is 5.30. The van der Waals surface area contributed by atoms with Crippen LogP contribution in [0.5, 0.6) is 0 Å². The molecule has 1 aromatic rings. The Hall–Kier alpha value is -0.304. The summed E-state index contributed by atoms with van der Waals surface area (Å²) in [7, 11) is 0. The van der Waals surface area contributed by atoms with Crippen molar-refractivity contribution in [2.75, 3.05) is 0 Å². The average Bonchev–Trinajstić information content (AvgIpc) is 2.87. The Morgan fingerprint density at radius 2 is 2.23 bits per heavy atom. The maximum atomic E-state index is 8.66. The Balaban J connectivity index is 0.000000720. The van der Waals surface area contributed by atoms with Crippen LogP contribution < -0.4 is 12.4 Å². The molecule has 0 spiro atoms. The largest absolute Gasteiger partial charge is 2.00 e. The Morgan fingerprint density at radius 3 is 2.77 bits per heavy atom. The summed E-state index contributed by atoms with van der Waals surface area (Å²) in [5.74, 6) is 0.603. The van der Waals surface area contributed by atoms with Crippen molar-refractivity contribution in [2.24, 2.45) is 0 Å². The van der Waals surface area contributed by atoms with E-state index in [0.29, 0.717) is 11.6 Å². The van der Waals surface area contributed by atoms with Crippen LogP contribution in [0.15, 0.2) is 12.1 Å². The zero-order valence-corrected chi connectivity index (χ0v) is 9.30. The van der Waals surface area contributed by atoms with Crippen molar-refractivity contribution >= 4 is 23.1 Å². The van der Waals surface area contributed by atoms with E-state index in [-0.39, 0.29) is 35.5 Å². The van der Waals surface area contributed by atoms with Crippen LogP contribution in [-0.2, 0) is 0 Å². The van der Waals surface area contributed by atoms with Crippen LogP contribution in [-0.4, -0.2) is 28.0 Å². The third-order valence-electron chi connectivity index (χ3n) is 1.91. The second-order valence-corrected chi connectivity index (χ2v) is 2.76. The fourth-order valence-corrected chi connectivity index (χ4v) is 1.19. The first-order valence-corrected chi connectivity index (χ1v) is 3.69. The van der Waals surface area contributed by atoms with Gasteiger partial charge in [-0.1, -0.05) is 6.20 Å². The van der Waals surface area contributed by atoms with Crippen molar-refractivity contribution < 1.29 is 12.4 Å². The molecule has 0 bridgehead atoms. The van der Waals surface area contributed by atoms with Crippen molar-refractivity contribution in [1.82, 2.24) is 4.98 Å². The van der Waals surface area contributed by atoms with Gasteiger partial charge in [0.1, 0.15) is 0 Å². The molecule has 1 saturated carbocycles. The van der Waals surface area contributed by atoms with E-state index in [1.54, 1.807) is 6.07 Å². The van der Waals surface area contributed by atoms with Gasteiger partial charge < -0.3 is 17.4 Å². The fourth-order valence-electron chi connectivity index (χ4n) is 1.19. The van der Waals surface area contributed by atoms with E-state index in [1.807, 2.05) is 6.07 Å². The molecule has 0 unspecified atom stereocenters. The van der Waals surface area contributed by atoms with Crippen LogP contribution >= 0.6 is 0 Å². The second-order valence-electron chi connectivity index (χ2n) is 2.76. The van der Waals surface area contributed by atoms with Gasteiger partial charge in [-0.2, -0.15) is 12.1 Å². The minimum Gasteiger partial charge on any atom is -1.00 e. The smallest absolute Gasteiger partial charge is 1.00 e. The zero-order chi connectivity index (χ0) is 7.68. The molecule has 13 heavy (non-hydrogen) atoms. The van der Waals surface area contributed by atoms with Crippen molar-refractivity contribution in [3.8, 4) is 6.07 Å². The molecule has 2 rings (SSSR count). The number of aromatic nitrogens is 1. The van der Waals surface area contributed by atoms with Gasteiger partial charge >= 0.3 is 23.1 Å². The number of nitriles is 1. The monoisotopic (exact) mass is 202 g/mol. The van der Waals surface area contributed by atoms with Crippen molar-refractivity contribution in [3.05, 3.63) is 29.6 Å². The quantitative estimate of drug-likeness (QED) is 0.401. The molecule has 0 saturated heterocycles. The first-order valence-electron chi connectivity index (χ1n) is 3.69. The van der Waals surface area contributed by atoms with Crippen molar-refractivity contribution in [1.29, 1.82) is 5.26 Å². The predicted molar refractivity (Wildman–Crippen MR) is 45.5 cm³/mol. The molecule has 0 radical (unpaired) electrons. The van der Waals surface area contributed by atoms with E-state index in [0.717, 1.165) is 5.56 Å². The summed E-state index contributed by atoms with van der Waals surface area (Å²) in [5, 5.41) is 8.66. The van der Waals surface area contributed by atoms with Gasteiger partial charge in [-0.05, 0) is 18.8 Å². The predicted octanol–water partition coefficient (Wildman–Crippen LogP) is -1.75. The van der Waals surface area contributed by atoms with Gasteiger partial charge in [-0.3, -0.25) is 0 Å². The first-order chi connectivity index (χ1) is 5.42. The van der Waals surface area contributed by atoms with E-state index in [2.05, 4.69) is 17.3 Å². The molecule has 62 valence electrons. The van der Waals surface area contributed by atoms with Crippen LogP contribution in [0.2, 0.25) is 0 Å². The van der Waals surface area contributed by atoms with Crippen LogP contribution in [0, 0.1) is 17.5 Å². The number of hydrogen-bond acceptors (Lipinski definition) is 2. The summed E-state index contributed by atoms with van der Waals surface area (Å²) in [6.07, 6.45) is 5.08. The molecule has 0 aliphatic heterocycles. The van der Waals surface area contributed by atoms with Gasteiger partial charge in [-0.25, -0.2) is 5.26 Å².